The fourth-order valence-corrected chi connectivity index (χ4v) is 4.12. The highest BCUT2D eigenvalue weighted by Crippen LogP contribution is 2.30. The molecule has 0 fully saturated rings. The van der Waals surface area contributed by atoms with Crippen LogP contribution in [0.5, 0.6) is 5.75 Å². The fourth-order valence-electron chi connectivity index (χ4n) is 3.52. The Morgan fingerprint density at radius 1 is 0.889 bits per heavy atom. The average molecular weight is 564 g/mol. The van der Waals surface area contributed by atoms with Crippen molar-refractivity contribution < 1.29 is 19.4 Å². The zero-order valence-electron chi connectivity index (χ0n) is 18.8. The summed E-state index contributed by atoms with van der Waals surface area (Å²) >= 11 is 9.49. The molecule has 0 heterocycles. The summed E-state index contributed by atoms with van der Waals surface area (Å²) in [6.07, 6.45) is 1.33. The second kappa shape index (κ2) is 11.3. The van der Waals surface area contributed by atoms with E-state index in [1.54, 1.807) is 103 Å². The molecular weight excluding hydrogens is 544 g/mol. The summed E-state index contributed by atoms with van der Waals surface area (Å²) in [5, 5.41) is 15.8. The molecule has 4 rings (SSSR count). The molecule has 0 aliphatic carbocycles. The van der Waals surface area contributed by atoms with Crippen molar-refractivity contribution >= 4 is 45.6 Å². The normalized spacial score (nSPS) is 11.3. The summed E-state index contributed by atoms with van der Waals surface area (Å²) in [4.78, 5) is 25.9. The first kappa shape index (κ1) is 25.3. The highest BCUT2D eigenvalue weighted by Gasteiger charge is 2.39. The van der Waals surface area contributed by atoms with Gasteiger partial charge in [0.2, 0.25) is 0 Å². The number of nitrogens with one attached hydrogen (secondary N) is 1. The number of rotatable bonds is 7. The maximum Gasteiger partial charge on any atom is 0.345 e. The molecule has 0 aliphatic heterocycles. The van der Waals surface area contributed by atoms with Gasteiger partial charge in [-0.1, -0.05) is 100 Å². The molecule has 4 aromatic carbocycles. The summed E-state index contributed by atoms with van der Waals surface area (Å²) in [5.74, 6) is -1.17. The van der Waals surface area contributed by atoms with Crippen LogP contribution in [0.1, 0.15) is 27.0 Å². The summed E-state index contributed by atoms with van der Waals surface area (Å²) in [7, 11) is 0. The van der Waals surface area contributed by atoms with Gasteiger partial charge < -0.3 is 9.84 Å². The van der Waals surface area contributed by atoms with Gasteiger partial charge in [0.15, 0.2) is 5.60 Å². The largest absolute Gasteiger partial charge is 0.422 e. The van der Waals surface area contributed by atoms with Gasteiger partial charge in [0.25, 0.3) is 5.91 Å². The maximum absolute atomic E-state index is 13.2. The van der Waals surface area contributed by atoms with E-state index in [0.29, 0.717) is 21.2 Å². The predicted octanol–water partition coefficient (Wildman–Crippen LogP) is 5.71. The van der Waals surface area contributed by atoms with E-state index in [1.807, 2.05) is 0 Å². The van der Waals surface area contributed by atoms with Gasteiger partial charge in [-0.2, -0.15) is 5.10 Å². The lowest BCUT2D eigenvalue weighted by Crippen LogP contribution is -2.43. The lowest BCUT2D eigenvalue weighted by Gasteiger charge is -2.27. The second-order valence-electron chi connectivity index (χ2n) is 7.69. The Labute approximate surface area is 221 Å². The number of halogens is 2. The Balaban J connectivity index is 1.59. The fraction of sp³-hybridized carbons (Fsp3) is 0.0357. The number of aliphatic hydroxyl groups is 1. The Kier molecular flexibility index (Phi) is 7.95. The quantitative estimate of drug-likeness (QED) is 0.131. The number of carbonyl (C=O) groups is 2. The minimum absolute atomic E-state index is 0.211. The molecule has 0 aromatic heterocycles. The van der Waals surface area contributed by atoms with E-state index in [4.69, 9.17) is 16.3 Å². The van der Waals surface area contributed by atoms with Crippen LogP contribution in [0, 0.1) is 0 Å². The van der Waals surface area contributed by atoms with Crippen LogP contribution < -0.4 is 10.2 Å². The third kappa shape index (κ3) is 5.54. The van der Waals surface area contributed by atoms with Crippen LogP contribution in [0.15, 0.2) is 113 Å². The monoisotopic (exact) mass is 562 g/mol. The van der Waals surface area contributed by atoms with Gasteiger partial charge in [-0.3, -0.25) is 4.79 Å². The molecule has 4 aromatic rings. The first-order valence-corrected chi connectivity index (χ1v) is 12.0. The van der Waals surface area contributed by atoms with E-state index in [1.165, 1.54) is 6.21 Å². The molecule has 0 saturated carbocycles. The predicted molar refractivity (Wildman–Crippen MR) is 142 cm³/mol. The minimum atomic E-state index is -1.98. The van der Waals surface area contributed by atoms with Crippen molar-refractivity contribution in [2.24, 2.45) is 5.10 Å². The van der Waals surface area contributed by atoms with Crippen LogP contribution in [0.25, 0.3) is 0 Å². The highest BCUT2D eigenvalue weighted by atomic mass is 79.9. The molecule has 0 saturated heterocycles. The summed E-state index contributed by atoms with van der Waals surface area (Å²) in [5.41, 5.74) is 1.84. The van der Waals surface area contributed by atoms with E-state index in [-0.39, 0.29) is 16.3 Å². The van der Waals surface area contributed by atoms with Gasteiger partial charge in [-0.15, -0.1) is 0 Å². The SMILES string of the molecule is O=C(Oc1ccc(Br)cc1/C=N/NC(=O)C(O)(c1ccccc1)c1ccccc1)c1ccccc1Cl. The van der Waals surface area contributed by atoms with Crippen molar-refractivity contribution in [3.8, 4) is 5.75 Å². The minimum Gasteiger partial charge on any atom is -0.422 e. The molecule has 0 radical (unpaired) electrons. The van der Waals surface area contributed by atoms with Gasteiger partial charge in [-0.05, 0) is 41.5 Å². The second-order valence-corrected chi connectivity index (χ2v) is 9.02. The molecule has 0 bridgehead atoms. The van der Waals surface area contributed by atoms with Crippen LogP contribution >= 0.6 is 27.5 Å². The van der Waals surface area contributed by atoms with Crippen LogP contribution in [-0.2, 0) is 10.4 Å². The van der Waals surface area contributed by atoms with Crippen molar-refractivity contribution in [1.29, 1.82) is 0 Å². The van der Waals surface area contributed by atoms with Gasteiger partial charge in [0.05, 0.1) is 16.8 Å². The van der Waals surface area contributed by atoms with Crippen molar-refractivity contribution in [2.45, 2.75) is 5.60 Å². The molecule has 6 nitrogen and oxygen atoms in total. The molecule has 0 aliphatic rings. The Bertz CT molecular complexity index is 1370. The Morgan fingerprint density at radius 3 is 2.08 bits per heavy atom. The van der Waals surface area contributed by atoms with Crippen LogP contribution in [-0.4, -0.2) is 23.2 Å². The number of hydrogen-bond acceptors (Lipinski definition) is 5. The summed E-state index contributed by atoms with van der Waals surface area (Å²) in [6, 6.07) is 28.7. The number of hydrogen-bond donors (Lipinski definition) is 2. The molecule has 0 spiro atoms. The van der Waals surface area contributed by atoms with Crippen molar-refractivity contribution in [3.63, 3.8) is 0 Å². The van der Waals surface area contributed by atoms with Gasteiger partial charge in [-0.25, -0.2) is 10.2 Å². The Hall–Kier alpha value is -3.78. The average Bonchev–Trinajstić information content (AvgIpc) is 2.90. The number of carbonyl (C=O) groups excluding carboxylic acids is 2. The van der Waals surface area contributed by atoms with Crippen LogP contribution in [0.3, 0.4) is 0 Å². The molecular formula is C28H20BrClN2O4. The maximum atomic E-state index is 13.2. The van der Waals surface area contributed by atoms with E-state index >= 15 is 0 Å². The molecule has 8 heteroatoms. The van der Waals surface area contributed by atoms with Gasteiger partial charge >= 0.3 is 5.97 Å². The van der Waals surface area contributed by atoms with E-state index in [0.717, 1.165) is 0 Å². The van der Waals surface area contributed by atoms with Crippen molar-refractivity contribution in [2.75, 3.05) is 0 Å². The highest BCUT2D eigenvalue weighted by molar-refractivity contribution is 9.10. The van der Waals surface area contributed by atoms with E-state index in [9.17, 15) is 14.7 Å². The number of hydrazone groups is 1. The van der Waals surface area contributed by atoms with E-state index in [2.05, 4.69) is 26.5 Å². The smallest absolute Gasteiger partial charge is 0.345 e. The summed E-state index contributed by atoms with van der Waals surface area (Å²) < 4.78 is 6.24. The van der Waals surface area contributed by atoms with Crippen molar-refractivity contribution in [3.05, 3.63) is 135 Å². The van der Waals surface area contributed by atoms with Crippen LogP contribution in [0.2, 0.25) is 5.02 Å². The van der Waals surface area contributed by atoms with Gasteiger partial charge in [0, 0.05) is 10.0 Å². The summed E-state index contributed by atoms with van der Waals surface area (Å²) in [6.45, 7) is 0. The molecule has 36 heavy (non-hydrogen) atoms. The first-order valence-electron chi connectivity index (χ1n) is 10.8. The number of esters is 1. The lowest BCUT2D eigenvalue weighted by atomic mass is 9.85. The number of benzene rings is 4. The third-order valence-corrected chi connectivity index (χ3v) is 6.17. The molecule has 2 N–H and O–H groups in total. The van der Waals surface area contributed by atoms with Crippen molar-refractivity contribution in [1.82, 2.24) is 5.43 Å². The lowest BCUT2D eigenvalue weighted by molar-refractivity contribution is -0.136. The molecule has 180 valence electrons. The van der Waals surface area contributed by atoms with Crippen LogP contribution in [0.4, 0.5) is 0 Å². The first-order chi connectivity index (χ1) is 17.4. The van der Waals surface area contributed by atoms with Gasteiger partial charge in [0.1, 0.15) is 5.75 Å². The van der Waals surface area contributed by atoms with E-state index < -0.39 is 17.5 Å². The zero-order valence-corrected chi connectivity index (χ0v) is 21.1. The molecule has 0 unspecified atom stereocenters. The zero-order chi connectivity index (χ0) is 25.5. The topological polar surface area (TPSA) is 88.0 Å². The molecule has 1 amide bonds. The third-order valence-electron chi connectivity index (χ3n) is 5.35. The Morgan fingerprint density at radius 2 is 1.47 bits per heavy atom. The molecule has 0 atom stereocenters. The number of nitrogens with zero attached hydrogens (tertiary/aromatic N) is 1. The standard InChI is InChI=1S/C28H20BrClN2O4/c29-22-15-16-25(36-26(33)23-13-7-8-14-24(23)30)19(17-22)18-31-32-27(34)28(35,20-9-3-1-4-10-20)21-11-5-2-6-12-21/h1-18,35H,(H,32,34)/b31-18+. The number of ether oxygens (including phenoxy) is 1. The number of amides is 1.